The van der Waals surface area contributed by atoms with E-state index in [4.69, 9.17) is 13.6 Å². The molecule has 118 valence electrons. The van der Waals surface area contributed by atoms with Gasteiger partial charge in [0.1, 0.15) is 18.1 Å². The first kappa shape index (κ1) is 15.8. The first-order chi connectivity index (χ1) is 10.6. The van der Waals surface area contributed by atoms with Crippen molar-refractivity contribution >= 4 is 5.97 Å². The van der Waals surface area contributed by atoms with Crippen molar-refractivity contribution in [2.24, 2.45) is 0 Å². The van der Waals surface area contributed by atoms with Gasteiger partial charge in [-0.15, -0.1) is 0 Å². The number of ether oxygens (including phenoxy) is 2. The van der Waals surface area contributed by atoms with Crippen LogP contribution in [0.2, 0.25) is 0 Å². The van der Waals surface area contributed by atoms with Gasteiger partial charge < -0.3 is 23.4 Å². The summed E-state index contributed by atoms with van der Waals surface area (Å²) in [6.07, 6.45) is 1.28. The van der Waals surface area contributed by atoms with Crippen LogP contribution in [-0.4, -0.2) is 25.3 Å². The molecule has 2 aromatic rings. The topological polar surface area (TPSA) is 99.1 Å². The van der Waals surface area contributed by atoms with Gasteiger partial charge in [0.25, 0.3) is 0 Å². The molecule has 1 atom stereocenters. The van der Waals surface area contributed by atoms with E-state index in [9.17, 15) is 14.7 Å². The Bertz CT molecular complexity index is 684. The van der Waals surface area contributed by atoms with Crippen molar-refractivity contribution in [1.29, 1.82) is 0 Å². The van der Waals surface area contributed by atoms with Gasteiger partial charge in [-0.2, -0.15) is 0 Å². The summed E-state index contributed by atoms with van der Waals surface area (Å²) in [7, 11) is 2.70. The fraction of sp³-hybridized carbons (Fsp3) is 0.333. The standard InChI is InChI=1S/C15H16O7/c1-19-8-9-6-11(16)14(18)15(22-9)10(7-13(17)20-2)12-4-3-5-21-12/h3-6,10,18H,7-8H2,1-2H3/t10-/m1/s1. The van der Waals surface area contributed by atoms with E-state index in [1.165, 1.54) is 20.5 Å². The predicted molar refractivity (Wildman–Crippen MR) is 74.5 cm³/mol. The smallest absolute Gasteiger partial charge is 0.306 e. The molecule has 0 saturated carbocycles. The molecule has 0 aromatic carbocycles. The zero-order valence-corrected chi connectivity index (χ0v) is 12.2. The summed E-state index contributed by atoms with van der Waals surface area (Å²) in [5.74, 6) is -1.31. The molecule has 0 fully saturated rings. The van der Waals surface area contributed by atoms with Crippen LogP contribution in [0.4, 0.5) is 0 Å². The molecule has 0 aliphatic carbocycles. The highest BCUT2D eigenvalue weighted by molar-refractivity contribution is 5.71. The molecule has 0 saturated heterocycles. The van der Waals surface area contributed by atoms with Crippen LogP contribution in [0.5, 0.6) is 5.75 Å². The van der Waals surface area contributed by atoms with Gasteiger partial charge in [0.15, 0.2) is 5.76 Å². The minimum Gasteiger partial charge on any atom is -0.502 e. The number of carbonyl (C=O) groups is 1. The van der Waals surface area contributed by atoms with E-state index in [2.05, 4.69) is 4.74 Å². The Morgan fingerprint density at radius 3 is 2.77 bits per heavy atom. The minimum absolute atomic E-state index is 0.0556. The second-order valence-electron chi connectivity index (χ2n) is 4.57. The maximum absolute atomic E-state index is 11.9. The number of rotatable bonds is 6. The predicted octanol–water partition coefficient (Wildman–Crippen LogP) is 1.78. The fourth-order valence-electron chi connectivity index (χ4n) is 2.07. The number of furan rings is 1. The maximum atomic E-state index is 11.9. The van der Waals surface area contributed by atoms with Crippen LogP contribution in [-0.2, 0) is 20.9 Å². The Labute approximate surface area is 126 Å². The number of carbonyl (C=O) groups excluding carboxylic acids is 1. The summed E-state index contributed by atoms with van der Waals surface area (Å²) in [6, 6.07) is 4.39. The molecule has 1 N–H and O–H groups in total. The lowest BCUT2D eigenvalue weighted by Gasteiger charge is -2.14. The van der Waals surface area contributed by atoms with Crippen molar-refractivity contribution in [1.82, 2.24) is 0 Å². The summed E-state index contributed by atoms with van der Waals surface area (Å²) >= 11 is 0. The lowest BCUT2D eigenvalue weighted by Crippen LogP contribution is -2.13. The summed E-state index contributed by atoms with van der Waals surface area (Å²) in [4.78, 5) is 23.5. The lowest BCUT2D eigenvalue weighted by molar-refractivity contribution is -0.141. The number of esters is 1. The van der Waals surface area contributed by atoms with Crippen molar-refractivity contribution in [3.8, 4) is 5.75 Å². The van der Waals surface area contributed by atoms with E-state index in [-0.39, 0.29) is 24.5 Å². The van der Waals surface area contributed by atoms with Crippen molar-refractivity contribution in [2.75, 3.05) is 14.2 Å². The highest BCUT2D eigenvalue weighted by Crippen LogP contribution is 2.33. The SMILES string of the molecule is COCc1cc(=O)c(O)c([C@H](CC(=O)OC)c2ccco2)o1. The molecular weight excluding hydrogens is 292 g/mol. The van der Waals surface area contributed by atoms with Crippen LogP contribution in [0.15, 0.2) is 38.1 Å². The van der Waals surface area contributed by atoms with Gasteiger partial charge in [0.05, 0.1) is 25.7 Å². The van der Waals surface area contributed by atoms with Crippen LogP contribution in [0, 0.1) is 0 Å². The van der Waals surface area contributed by atoms with Gasteiger partial charge in [-0.3, -0.25) is 9.59 Å². The van der Waals surface area contributed by atoms with Crippen molar-refractivity contribution in [2.45, 2.75) is 18.9 Å². The molecule has 0 spiro atoms. The third-order valence-corrected chi connectivity index (χ3v) is 3.09. The summed E-state index contributed by atoms with van der Waals surface area (Å²) in [6.45, 7) is 0.0611. The largest absolute Gasteiger partial charge is 0.502 e. The average Bonchev–Trinajstić information content (AvgIpc) is 3.02. The fourth-order valence-corrected chi connectivity index (χ4v) is 2.07. The normalized spacial score (nSPS) is 12.1. The van der Waals surface area contributed by atoms with Crippen LogP contribution in [0.25, 0.3) is 0 Å². The third kappa shape index (κ3) is 3.37. The van der Waals surface area contributed by atoms with Crippen LogP contribution in [0.1, 0.15) is 29.6 Å². The van der Waals surface area contributed by atoms with Gasteiger partial charge >= 0.3 is 5.97 Å². The van der Waals surface area contributed by atoms with Crippen LogP contribution < -0.4 is 5.43 Å². The maximum Gasteiger partial charge on any atom is 0.306 e. The van der Waals surface area contributed by atoms with Gasteiger partial charge in [0.2, 0.25) is 11.2 Å². The van der Waals surface area contributed by atoms with Gasteiger partial charge in [-0.25, -0.2) is 0 Å². The molecule has 0 radical (unpaired) electrons. The van der Waals surface area contributed by atoms with Crippen LogP contribution in [0.3, 0.4) is 0 Å². The zero-order chi connectivity index (χ0) is 16.1. The van der Waals surface area contributed by atoms with Crippen molar-refractivity contribution in [3.05, 3.63) is 52.0 Å². The van der Waals surface area contributed by atoms with E-state index < -0.39 is 23.1 Å². The van der Waals surface area contributed by atoms with E-state index in [1.807, 2.05) is 0 Å². The quantitative estimate of drug-likeness (QED) is 0.812. The highest BCUT2D eigenvalue weighted by atomic mass is 16.5. The Balaban J connectivity index is 2.51. The molecule has 22 heavy (non-hydrogen) atoms. The second kappa shape index (κ2) is 6.95. The molecule has 0 unspecified atom stereocenters. The number of hydrogen-bond acceptors (Lipinski definition) is 7. The van der Waals surface area contributed by atoms with E-state index in [0.717, 1.165) is 6.07 Å². The molecule has 7 heteroatoms. The minimum atomic E-state index is -0.771. The molecule has 0 aliphatic heterocycles. The number of aromatic hydroxyl groups is 1. The van der Waals surface area contributed by atoms with Crippen LogP contribution >= 0.6 is 0 Å². The Kier molecular flexibility index (Phi) is 5.00. The van der Waals surface area contributed by atoms with E-state index >= 15 is 0 Å². The average molecular weight is 308 g/mol. The lowest BCUT2D eigenvalue weighted by atomic mass is 9.98. The molecule has 2 rings (SSSR count). The number of hydrogen-bond donors (Lipinski definition) is 1. The zero-order valence-electron chi connectivity index (χ0n) is 12.2. The molecular formula is C15H16O7. The Morgan fingerprint density at radius 2 is 2.18 bits per heavy atom. The number of methoxy groups -OCH3 is 2. The Morgan fingerprint density at radius 1 is 1.41 bits per heavy atom. The molecule has 2 heterocycles. The summed E-state index contributed by atoms with van der Waals surface area (Å²) < 4.78 is 20.4. The van der Waals surface area contributed by atoms with Gasteiger partial charge in [0, 0.05) is 13.2 Å². The molecule has 0 aliphatic rings. The van der Waals surface area contributed by atoms with E-state index in [0.29, 0.717) is 5.76 Å². The van der Waals surface area contributed by atoms with Crippen molar-refractivity contribution in [3.63, 3.8) is 0 Å². The summed E-state index contributed by atoms with van der Waals surface area (Å²) in [5, 5.41) is 10.0. The Hall–Kier alpha value is -2.54. The molecule has 0 amide bonds. The first-order valence-electron chi connectivity index (χ1n) is 6.51. The first-order valence-corrected chi connectivity index (χ1v) is 6.51. The monoisotopic (exact) mass is 308 g/mol. The second-order valence-corrected chi connectivity index (χ2v) is 4.57. The third-order valence-electron chi connectivity index (χ3n) is 3.09. The molecule has 7 nitrogen and oxygen atoms in total. The highest BCUT2D eigenvalue weighted by Gasteiger charge is 2.28. The van der Waals surface area contributed by atoms with E-state index in [1.54, 1.807) is 12.1 Å². The van der Waals surface area contributed by atoms with Gasteiger partial charge in [-0.05, 0) is 12.1 Å². The van der Waals surface area contributed by atoms with Crippen molar-refractivity contribution < 1.29 is 28.2 Å². The summed E-state index contributed by atoms with van der Waals surface area (Å²) in [5.41, 5.74) is -0.616. The van der Waals surface area contributed by atoms with Gasteiger partial charge in [-0.1, -0.05) is 0 Å². The molecule has 0 bridgehead atoms. The molecule has 2 aromatic heterocycles.